The summed E-state index contributed by atoms with van der Waals surface area (Å²) in [5.41, 5.74) is 2.47. The molecule has 1 aromatic carbocycles. The third-order valence-electron chi connectivity index (χ3n) is 2.91. The molecule has 25 heavy (non-hydrogen) atoms. The molecule has 0 spiro atoms. The summed E-state index contributed by atoms with van der Waals surface area (Å²) >= 11 is 0. The summed E-state index contributed by atoms with van der Waals surface area (Å²) in [7, 11) is 5.77. The molecule has 0 amide bonds. The zero-order valence-electron chi connectivity index (χ0n) is 13.8. The summed E-state index contributed by atoms with van der Waals surface area (Å²) in [5, 5.41) is 0. The Morgan fingerprint density at radius 1 is 0.800 bits per heavy atom. The number of hydrogen-bond acceptors (Lipinski definition) is 2. The van der Waals surface area contributed by atoms with E-state index >= 15 is 0 Å². The standard InChI is InChI=1S/C15H19N2O.6FH.Sb/c1-16(2)14-8-10-17(11-9-14)12-13-4-6-15(18-3)7-5-13;;;;;;;/h4-11H,12H2,1-3H3;6*1H;/q+1;;;;;;;+3/p-6. The summed E-state index contributed by atoms with van der Waals surface area (Å²) in [6.07, 6.45) is 4.19. The van der Waals surface area contributed by atoms with Gasteiger partial charge in [-0.15, -0.1) is 0 Å². The SMILES string of the molecule is COc1ccc(C[n+]2ccc(N(C)C)cc2)cc1.[F-].[F-].[F-].[F-].[F-].[F-].[Sb+3]. The van der Waals surface area contributed by atoms with Gasteiger partial charge in [0, 0.05) is 37.5 Å². The van der Waals surface area contributed by atoms with Crippen LogP contribution in [0.15, 0.2) is 48.8 Å². The van der Waals surface area contributed by atoms with Gasteiger partial charge in [0.15, 0.2) is 18.9 Å². The molecule has 2 aromatic rings. The van der Waals surface area contributed by atoms with E-state index in [0.29, 0.717) is 0 Å². The number of anilines is 1. The van der Waals surface area contributed by atoms with E-state index in [1.54, 1.807) is 7.11 Å². The maximum atomic E-state index is 5.15. The van der Waals surface area contributed by atoms with Crippen LogP contribution in [0.1, 0.15) is 5.56 Å². The van der Waals surface area contributed by atoms with Crippen LogP contribution < -0.4 is 42.4 Å². The minimum Gasteiger partial charge on any atom is -1.00 e. The molecule has 144 valence electrons. The van der Waals surface area contributed by atoms with E-state index in [1.807, 2.05) is 26.2 Å². The third-order valence-corrected chi connectivity index (χ3v) is 2.91. The van der Waals surface area contributed by atoms with Gasteiger partial charge in [-0.1, -0.05) is 0 Å². The van der Waals surface area contributed by atoms with E-state index in [4.69, 9.17) is 4.74 Å². The molecule has 0 saturated heterocycles. The smallest absolute Gasteiger partial charge is 1.00 e. The Morgan fingerprint density at radius 2 is 1.24 bits per heavy atom. The van der Waals surface area contributed by atoms with E-state index in [1.165, 1.54) is 11.3 Å². The fourth-order valence-corrected chi connectivity index (χ4v) is 1.79. The van der Waals surface area contributed by atoms with Gasteiger partial charge in [-0.25, -0.2) is 4.57 Å². The van der Waals surface area contributed by atoms with Gasteiger partial charge in [-0.05, 0) is 24.3 Å². The number of halogens is 6. The van der Waals surface area contributed by atoms with Crippen LogP contribution in [0, 0.1) is 0 Å². The number of aromatic nitrogens is 1. The minimum absolute atomic E-state index is 0. The summed E-state index contributed by atoms with van der Waals surface area (Å²) in [4.78, 5) is 2.09. The average Bonchev–Trinajstić information content (AvgIpc) is 2.40. The van der Waals surface area contributed by atoms with E-state index in [9.17, 15) is 0 Å². The Hall–Kier alpha value is -1.63. The molecule has 0 atom stereocenters. The maximum absolute atomic E-state index is 5.15. The van der Waals surface area contributed by atoms with Crippen molar-refractivity contribution in [2.75, 3.05) is 26.1 Å². The second-order valence-corrected chi connectivity index (χ2v) is 4.47. The number of hydrogen-bond donors (Lipinski definition) is 0. The van der Waals surface area contributed by atoms with Gasteiger partial charge < -0.3 is 37.9 Å². The predicted octanol–water partition coefficient (Wildman–Crippen LogP) is -16.3. The van der Waals surface area contributed by atoms with Crippen molar-refractivity contribution in [3.63, 3.8) is 0 Å². The molecule has 0 aliphatic carbocycles. The number of pyridine rings is 1. The largest absolute Gasteiger partial charge is 3.00 e. The Balaban J connectivity index is -0.000000129. The van der Waals surface area contributed by atoms with Gasteiger partial charge in [-0.2, -0.15) is 0 Å². The van der Waals surface area contributed by atoms with Crippen LogP contribution in [0.4, 0.5) is 5.69 Å². The molecule has 0 bridgehead atoms. The number of rotatable bonds is 4. The van der Waals surface area contributed by atoms with Crippen LogP contribution in [-0.4, -0.2) is 45.6 Å². The molecule has 2 rings (SSSR count). The van der Waals surface area contributed by atoms with Crippen LogP contribution in [0.3, 0.4) is 0 Å². The van der Waals surface area contributed by atoms with Crippen LogP contribution in [0.5, 0.6) is 5.75 Å². The third kappa shape index (κ3) is 11.5. The Bertz CT molecular complexity index is 514. The van der Waals surface area contributed by atoms with Crippen molar-refractivity contribution in [1.82, 2.24) is 0 Å². The van der Waals surface area contributed by atoms with E-state index in [2.05, 4.69) is 46.1 Å². The molecule has 0 aliphatic heterocycles. The van der Waals surface area contributed by atoms with Crippen molar-refractivity contribution in [2.24, 2.45) is 0 Å². The van der Waals surface area contributed by atoms with Crippen molar-refractivity contribution in [2.45, 2.75) is 6.54 Å². The van der Waals surface area contributed by atoms with Crippen LogP contribution in [0.2, 0.25) is 0 Å². The molecule has 1 heterocycles. The molecule has 2 radical (unpaired) electrons. The second kappa shape index (κ2) is 18.7. The predicted molar refractivity (Wildman–Crippen MR) is 78.8 cm³/mol. The fourth-order valence-electron chi connectivity index (χ4n) is 1.79. The summed E-state index contributed by atoms with van der Waals surface area (Å²) in [6.45, 7) is 0.873. The summed E-state index contributed by atoms with van der Waals surface area (Å²) in [5.74, 6) is 0.895. The first-order valence-electron chi connectivity index (χ1n) is 5.98. The zero-order valence-corrected chi connectivity index (χ0v) is 16.4. The molecule has 1 aromatic heterocycles. The van der Waals surface area contributed by atoms with Gasteiger partial charge in [0.25, 0.3) is 0 Å². The van der Waals surface area contributed by atoms with Crippen molar-refractivity contribution < 1.29 is 37.5 Å². The van der Waals surface area contributed by atoms with Crippen molar-refractivity contribution in [3.8, 4) is 5.75 Å². The fraction of sp³-hybridized carbons (Fsp3) is 0.267. The first kappa shape index (κ1) is 38.8. The van der Waals surface area contributed by atoms with Crippen LogP contribution in [-0.2, 0) is 6.54 Å². The zero-order chi connectivity index (χ0) is 13.0. The maximum Gasteiger partial charge on any atom is 3.00 e. The monoisotopic (exact) mass is 478 g/mol. The molecule has 0 fully saturated rings. The average molecular weight is 479 g/mol. The van der Waals surface area contributed by atoms with Crippen LogP contribution in [0.25, 0.3) is 0 Å². The topological polar surface area (TPSA) is 16.4 Å². The summed E-state index contributed by atoms with van der Waals surface area (Å²) in [6, 6.07) is 12.4. The van der Waals surface area contributed by atoms with Gasteiger partial charge in [0.1, 0.15) is 5.75 Å². The molecule has 0 saturated carbocycles. The molecular formula is C15H19F6N2OSb-2. The minimum atomic E-state index is 0. The Morgan fingerprint density at radius 3 is 1.60 bits per heavy atom. The molecule has 3 nitrogen and oxygen atoms in total. The van der Waals surface area contributed by atoms with E-state index < -0.39 is 0 Å². The second-order valence-electron chi connectivity index (χ2n) is 4.47. The number of nitrogens with zero attached hydrogens (tertiary/aromatic N) is 2. The van der Waals surface area contributed by atoms with Crippen LogP contribution >= 0.6 is 0 Å². The van der Waals surface area contributed by atoms with E-state index in [-0.39, 0.29) is 52.7 Å². The van der Waals surface area contributed by atoms with E-state index in [0.717, 1.165) is 12.3 Å². The van der Waals surface area contributed by atoms with Gasteiger partial charge in [0.05, 0.1) is 7.11 Å². The van der Waals surface area contributed by atoms with Gasteiger partial charge in [-0.3, -0.25) is 0 Å². The molecule has 10 heteroatoms. The Kier molecular flexibility index (Phi) is 29.0. The van der Waals surface area contributed by atoms with Gasteiger partial charge >= 0.3 is 24.4 Å². The number of benzene rings is 1. The molecule has 0 aliphatic rings. The first-order chi connectivity index (χ1) is 8.69. The first-order valence-corrected chi connectivity index (χ1v) is 5.98. The quantitative estimate of drug-likeness (QED) is 0.246. The molecule has 0 unspecified atom stereocenters. The normalized spacial score (nSPS) is 7.32. The molecule has 0 N–H and O–H groups in total. The van der Waals surface area contributed by atoms with Crippen molar-refractivity contribution >= 4 is 30.1 Å². The van der Waals surface area contributed by atoms with Crippen molar-refractivity contribution in [1.29, 1.82) is 0 Å². The van der Waals surface area contributed by atoms with Crippen molar-refractivity contribution in [3.05, 3.63) is 54.4 Å². The number of ether oxygens (including phenoxy) is 1. The summed E-state index contributed by atoms with van der Waals surface area (Å²) < 4.78 is 7.31. The molecular weight excluding hydrogens is 460 g/mol. The Labute approximate surface area is 160 Å². The number of methoxy groups -OCH3 is 1. The van der Waals surface area contributed by atoms with Gasteiger partial charge in [0.2, 0.25) is 0 Å².